The van der Waals surface area contributed by atoms with Crippen LogP contribution >= 0.6 is 0 Å². The van der Waals surface area contributed by atoms with Crippen molar-refractivity contribution in [3.05, 3.63) is 35.4 Å². The van der Waals surface area contributed by atoms with Gasteiger partial charge >= 0.3 is 0 Å². The average molecular weight is 250 g/mol. The summed E-state index contributed by atoms with van der Waals surface area (Å²) < 4.78 is 0. The highest BCUT2D eigenvalue weighted by Crippen LogP contribution is 2.26. The Morgan fingerprint density at radius 3 is 2.44 bits per heavy atom. The Kier molecular flexibility index (Phi) is 6.33. The van der Waals surface area contributed by atoms with Crippen LogP contribution in [0.1, 0.15) is 37.4 Å². The van der Waals surface area contributed by atoms with E-state index in [9.17, 15) is 5.11 Å². The molecule has 3 nitrogen and oxygen atoms in total. The van der Waals surface area contributed by atoms with Crippen molar-refractivity contribution in [3.8, 4) is 0 Å². The van der Waals surface area contributed by atoms with E-state index in [1.54, 1.807) is 0 Å². The van der Waals surface area contributed by atoms with Crippen LogP contribution in [0.5, 0.6) is 0 Å². The SMILES string of the molecule is CCCN(CCO)C(c1ccccc1C)C(C)N. The lowest BCUT2D eigenvalue weighted by molar-refractivity contribution is 0.136. The standard InChI is InChI=1S/C15H26N2O/c1-4-9-17(10-11-18)15(13(3)16)14-8-6-5-7-12(14)2/h5-8,13,15,18H,4,9-11,16H2,1-3H3. The molecule has 1 aromatic rings. The molecular formula is C15H26N2O. The molecule has 0 bridgehead atoms. The first-order valence-electron chi connectivity index (χ1n) is 6.77. The number of aliphatic hydroxyl groups is 1. The zero-order valence-electron chi connectivity index (χ0n) is 11.8. The summed E-state index contributed by atoms with van der Waals surface area (Å²) >= 11 is 0. The molecule has 18 heavy (non-hydrogen) atoms. The fourth-order valence-electron chi connectivity index (χ4n) is 2.54. The van der Waals surface area contributed by atoms with Gasteiger partial charge in [-0.25, -0.2) is 0 Å². The summed E-state index contributed by atoms with van der Waals surface area (Å²) in [4.78, 5) is 2.28. The van der Waals surface area contributed by atoms with Gasteiger partial charge in [-0.15, -0.1) is 0 Å². The lowest BCUT2D eigenvalue weighted by atomic mass is 9.95. The Morgan fingerprint density at radius 1 is 1.28 bits per heavy atom. The molecule has 0 spiro atoms. The Hall–Kier alpha value is -0.900. The van der Waals surface area contributed by atoms with Crippen LogP contribution in [0, 0.1) is 6.92 Å². The Balaban J connectivity index is 3.03. The summed E-state index contributed by atoms with van der Waals surface area (Å²) in [5.41, 5.74) is 8.71. The van der Waals surface area contributed by atoms with Crippen LogP contribution in [-0.2, 0) is 0 Å². The number of aliphatic hydroxyl groups excluding tert-OH is 1. The molecule has 0 aliphatic carbocycles. The summed E-state index contributed by atoms with van der Waals surface area (Å²) in [5, 5.41) is 9.23. The lowest BCUT2D eigenvalue weighted by Gasteiger charge is -2.35. The molecular weight excluding hydrogens is 224 g/mol. The van der Waals surface area contributed by atoms with Crippen molar-refractivity contribution in [2.45, 2.75) is 39.3 Å². The van der Waals surface area contributed by atoms with Gasteiger partial charge in [0, 0.05) is 18.6 Å². The van der Waals surface area contributed by atoms with Gasteiger partial charge in [0.05, 0.1) is 6.61 Å². The van der Waals surface area contributed by atoms with Crippen LogP contribution < -0.4 is 5.73 Å². The minimum absolute atomic E-state index is 0.0456. The van der Waals surface area contributed by atoms with Crippen molar-refractivity contribution in [2.75, 3.05) is 19.7 Å². The molecule has 0 saturated heterocycles. The average Bonchev–Trinajstić information content (AvgIpc) is 2.32. The monoisotopic (exact) mass is 250 g/mol. The molecule has 3 N–H and O–H groups in total. The van der Waals surface area contributed by atoms with Crippen LogP contribution in [0.3, 0.4) is 0 Å². The molecule has 0 aliphatic heterocycles. The molecule has 3 heteroatoms. The van der Waals surface area contributed by atoms with E-state index in [-0.39, 0.29) is 18.7 Å². The minimum Gasteiger partial charge on any atom is -0.395 e. The van der Waals surface area contributed by atoms with Crippen molar-refractivity contribution in [1.82, 2.24) is 4.90 Å². The number of rotatable bonds is 7. The molecule has 2 atom stereocenters. The summed E-state index contributed by atoms with van der Waals surface area (Å²) in [7, 11) is 0. The van der Waals surface area contributed by atoms with Crippen molar-refractivity contribution in [2.24, 2.45) is 5.73 Å². The van der Waals surface area contributed by atoms with E-state index in [4.69, 9.17) is 5.73 Å². The molecule has 0 amide bonds. The summed E-state index contributed by atoms with van der Waals surface area (Å²) in [5.74, 6) is 0. The fourth-order valence-corrected chi connectivity index (χ4v) is 2.54. The predicted molar refractivity (Wildman–Crippen MR) is 76.5 cm³/mol. The molecule has 1 rings (SSSR count). The lowest BCUT2D eigenvalue weighted by Crippen LogP contribution is -2.41. The number of aryl methyl sites for hydroxylation is 1. The van der Waals surface area contributed by atoms with Crippen LogP contribution in [-0.4, -0.2) is 35.7 Å². The molecule has 0 aromatic heterocycles. The first-order chi connectivity index (χ1) is 8.61. The van der Waals surface area contributed by atoms with Gasteiger partial charge in [0.2, 0.25) is 0 Å². The van der Waals surface area contributed by atoms with Crippen LogP contribution in [0.2, 0.25) is 0 Å². The van der Waals surface area contributed by atoms with E-state index in [2.05, 4.69) is 36.9 Å². The second kappa shape index (κ2) is 7.52. The van der Waals surface area contributed by atoms with E-state index in [0.29, 0.717) is 6.54 Å². The second-order valence-corrected chi connectivity index (χ2v) is 4.92. The van der Waals surface area contributed by atoms with Gasteiger partial charge in [-0.1, -0.05) is 31.2 Å². The van der Waals surface area contributed by atoms with Crippen molar-refractivity contribution in [1.29, 1.82) is 0 Å². The summed E-state index contributed by atoms with van der Waals surface area (Å²) in [6.07, 6.45) is 1.06. The molecule has 1 aromatic carbocycles. The van der Waals surface area contributed by atoms with Gasteiger partial charge in [0.1, 0.15) is 0 Å². The van der Waals surface area contributed by atoms with E-state index >= 15 is 0 Å². The zero-order valence-corrected chi connectivity index (χ0v) is 11.8. The third-order valence-corrected chi connectivity index (χ3v) is 3.30. The molecule has 102 valence electrons. The molecule has 0 heterocycles. The van der Waals surface area contributed by atoms with Gasteiger partial charge in [0.25, 0.3) is 0 Å². The number of benzene rings is 1. The van der Waals surface area contributed by atoms with Crippen molar-refractivity contribution in [3.63, 3.8) is 0 Å². The van der Waals surface area contributed by atoms with Crippen molar-refractivity contribution >= 4 is 0 Å². The van der Waals surface area contributed by atoms with Gasteiger partial charge < -0.3 is 10.8 Å². The summed E-state index contributed by atoms with van der Waals surface area (Å²) in [6, 6.07) is 8.59. The van der Waals surface area contributed by atoms with Crippen LogP contribution in [0.4, 0.5) is 0 Å². The van der Waals surface area contributed by atoms with Crippen LogP contribution in [0.25, 0.3) is 0 Å². The number of hydrogen-bond acceptors (Lipinski definition) is 3. The smallest absolute Gasteiger partial charge is 0.0558 e. The molecule has 0 aliphatic rings. The molecule has 2 unspecified atom stereocenters. The Labute approximate surface area is 111 Å². The maximum absolute atomic E-state index is 9.23. The maximum atomic E-state index is 9.23. The van der Waals surface area contributed by atoms with E-state index in [1.807, 2.05) is 13.0 Å². The quantitative estimate of drug-likeness (QED) is 0.779. The normalized spacial score (nSPS) is 14.8. The Bertz CT molecular complexity index is 346. The van der Waals surface area contributed by atoms with Crippen molar-refractivity contribution < 1.29 is 5.11 Å². The third kappa shape index (κ3) is 3.80. The Morgan fingerprint density at radius 2 is 1.94 bits per heavy atom. The van der Waals surface area contributed by atoms with Gasteiger partial charge in [-0.3, -0.25) is 4.90 Å². The highest BCUT2D eigenvalue weighted by atomic mass is 16.3. The largest absolute Gasteiger partial charge is 0.395 e. The zero-order chi connectivity index (χ0) is 13.5. The topological polar surface area (TPSA) is 49.5 Å². The second-order valence-electron chi connectivity index (χ2n) is 4.92. The highest BCUT2D eigenvalue weighted by Gasteiger charge is 2.24. The minimum atomic E-state index is 0.0456. The van der Waals surface area contributed by atoms with Gasteiger partial charge in [-0.05, 0) is 37.9 Å². The van der Waals surface area contributed by atoms with Gasteiger partial charge in [-0.2, -0.15) is 0 Å². The van der Waals surface area contributed by atoms with E-state index in [0.717, 1.165) is 13.0 Å². The maximum Gasteiger partial charge on any atom is 0.0558 e. The number of nitrogens with two attached hydrogens (primary N) is 1. The number of nitrogens with zero attached hydrogens (tertiary/aromatic N) is 1. The van der Waals surface area contributed by atoms with Crippen LogP contribution in [0.15, 0.2) is 24.3 Å². The van der Waals surface area contributed by atoms with E-state index < -0.39 is 0 Å². The van der Waals surface area contributed by atoms with E-state index in [1.165, 1.54) is 11.1 Å². The number of hydrogen-bond donors (Lipinski definition) is 2. The highest BCUT2D eigenvalue weighted by molar-refractivity contribution is 5.29. The predicted octanol–water partition coefficient (Wildman–Crippen LogP) is 2.09. The fraction of sp³-hybridized carbons (Fsp3) is 0.600. The summed E-state index contributed by atoms with van der Waals surface area (Å²) in [6.45, 7) is 8.12. The molecule has 0 saturated carbocycles. The molecule has 0 fully saturated rings. The first-order valence-corrected chi connectivity index (χ1v) is 6.77. The first kappa shape index (κ1) is 15.2. The third-order valence-electron chi connectivity index (χ3n) is 3.30. The molecule has 0 radical (unpaired) electrons. The van der Waals surface area contributed by atoms with Gasteiger partial charge in [0.15, 0.2) is 0 Å².